The number of halogens is 2. The quantitative estimate of drug-likeness (QED) is 0.853. The fraction of sp³-hybridized carbons (Fsp3) is 0.300. The highest BCUT2D eigenvalue weighted by molar-refractivity contribution is 14.1. The van der Waals surface area contributed by atoms with Crippen LogP contribution in [0.1, 0.15) is 19.4 Å². The maximum atomic E-state index is 13.2. The highest BCUT2D eigenvalue weighted by Gasteiger charge is 2.29. The monoisotopic (exact) mass is 308 g/mol. The van der Waals surface area contributed by atoms with Crippen LogP contribution < -0.4 is 0 Å². The topological polar surface area (TPSA) is 37.3 Å². The predicted molar refractivity (Wildman–Crippen MR) is 59.8 cm³/mol. The third kappa shape index (κ3) is 2.05. The third-order valence-electron chi connectivity index (χ3n) is 2.18. The number of benzene rings is 1. The molecule has 0 amide bonds. The lowest BCUT2D eigenvalue weighted by atomic mass is 9.85. The molecule has 4 heteroatoms. The van der Waals surface area contributed by atoms with Gasteiger partial charge in [-0.05, 0) is 54.1 Å². The lowest BCUT2D eigenvalue weighted by Gasteiger charge is -2.19. The Kier molecular flexibility index (Phi) is 3.14. The number of hydrogen-bond donors (Lipinski definition) is 1. The Hall–Kier alpha value is -0.650. The molecule has 76 valence electrons. The van der Waals surface area contributed by atoms with Gasteiger partial charge in [-0.3, -0.25) is 4.79 Å². The van der Waals surface area contributed by atoms with Crippen LogP contribution >= 0.6 is 22.6 Å². The molecule has 0 radical (unpaired) electrons. The summed E-state index contributed by atoms with van der Waals surface area (Å²) in [5, 5.41) is 8.93. The third-order valence-corrected chi connectivity index (χ3v) is 3.05. The molecule has 0 aliphatic heterocycles. The fourth-order valence-corrected chi connectivity index (χ4v) is 1.34. The summed E-state index contributed by atoms with van der Waals surface area (Å²) in [5.74, 6) is -1.34. The van der Waals surface area contributed by atoms with E-state index in [1.165, 1.54) is 6.07 Å². The molecule has 0 saturated heterocycles. The number of hydrogen-bond acceptors (Lipinski definition) is 1. The van der Waals surface area contributed by atoms with E-state index < -0.39 is 11.4 Å². The summed E-state index contributed by atoms with van der Waals surface area (Å²) in [6.45, 7) is 3.11. The van der Waals surface area contributed by atoms with E-state index in [9.17, 15) is 9.18 Å². The summed E-state index contributed by atoms with van der Waals surface area (Å²) in [7, 11) is 0. The molecule has 1 aromatic carbocycles. The lowest BCUT2D eigenvalue weighted by Crippen LogP contribution is -2.28. The molecule has 0 spiro atoms. The van der Waals surface area contributed by atoms with Crippen molar-refractivity contribution < 1.29 is 14.3 Å². The molecule has 14 heavy (non-hydrogen) atoms. The van der Waals surface area contributed by atoms with Gasteiger partial charge in [0.15, 0.2) is 0 Å². The average Bonchev–Trinajstić information content (AvgIpc) is 2.09. The maximum Gasteiger partial charge on any atom is 0.313 e. The van der Waals surface area contributed by atoms with E-state index in [0.717, 1.165) is 0 Å². The van der Waals surface area contributed by atoms with Gasteiger partial charge in [-0.25, -0.2) is 4.39 Å². The summed E-state index contributed by atoms with van der Waals surface area (Å²) in [5.41, 5.74) is -0.575. The van der Waals surface area contributed by atoms with Gasteiger partial charge in [0.05, 0.1) is 5.41 Å². The first kappa shape index (κ1) is 11.4. The Balaban J connectivity index is 3.21. The maximum absolute atomic E-state index is 13.2. The van der Waals surface area contributed by atoms with Crippen molar-refractivity contribution in [1.29, 1.82) is 0 Å². The SMILES string of the molecule is CC(C)(C(=O)O)c1ccc(I)c(F)c1. The van der Waals surface area contributed by atoms with Crippen molar-refractivity contribution in [1.82, 2.24) is 0 Å². The normalized spacial score (nSPS) is 11.4. The summed E-state index contributed by atoms with van der Waals surface area (Å²) >= 11 is 1.86. The van der Waals surface area contributed by atoms with Gasteiger partial charge in [-0.1, -0.05) is 6.07 Å². The molecule has 0 aliphatic carbocycles. The first-order chi connectivity index (χ1) is 6.35. The second-order valence-electron chi connectivity index (χ2n) is 3.56. The van der Waals surface area contributed by atoms with Crippen molar-refractivity contribution in [3.05, 3.63) is 33.1 Å². The van der Waals surface area contributed by atoms with Crippen LogP contribution in [0.15, 0.2) is 18.2 Å². The summed E-state index contributed by atoms with van der Waals surface area (Å²) in [4.78, 5) is 10.9. The van der Waals surface area contributed by atoms with Gasteiger partial charge in [0.1, 0.15) is 5.82 Å². The van der Waals surface area contributed by atoms with Gasteiger partial charge in [-0.2, -0.15) is 0 Å². The fourth-order valence-electron chi connectivity index (χ4n) is 1.01. The zero-order valence-corrected chi connectivity index (χ0v) is 10.0. The van der Waals surface area contributed by atoms with Gasteiger partial charge < -0.3 is 5.11 Å². The van der Waals surface area contributed by atoms with E-state index in [2.05, 4.69) is 0 Å². The van der Waals surface area contributed by atoms with E-state index in [-0.39, 0.29) is 5.82 Å². The average molecular weight is 308 g/mol. The minimum atomic E-state index is -1.05. The Morgan fingerprint density at radius 1 is 1.50 bits per heavy atom. The molecule has 0 unspecified atom stereocenters. The van der Waals surface area contributed by atoms with Gasteiger partial charge in [0, 0.05) is 3.57 Å². The van der Waals surface area contributed by atoms with Crippen LogP contribution in [0.5, 0.6) is 0 Å². The number of carbonyl (C=O) groups is 1. The van der Waals surface area contributed by atoms with Gasteiger partial charge in [0.2, 0.25) is 0 Å². The van der Waals surface area contributed by atoms with E-state index in [1.54, 1.807) is 26.0 Å². The molecule has 0 fully saturated rings. The number of carboxylic acid groups (broad SMARTS) is 1. The Morgan fingerprint density at radius 3 is 2.50 bits per heavy atom. The lowest BCUT2D eigenvalue weighted by molar-refractivity contribution is -0.142. The van der Waals surface area contributed by atoms with Crippen LogP contribution in [-0.4, -0.2) is 11.1 Å². The molecule has 1 rings (SSSR count). The molecule has 1 N–H and O–H groups in total. The predicted octanol–water partition coefficient (Wildman–Crippen LogP) is 2.79. The highest BCUT2D eigenvalue weighted by atomic mass is 127. The second-order valence-corrected chi connectivity index (χ2v) is 4.72. The molecule has 2 nitrogen and oxygen atoms in total. The first-order valence-electron chi connectivity index (χ1n) is 4.04. The molecule has 0 heterocycles. The van der Waals surface area contributed by atoms with E-state index in [4.69, 9.17) is 5.11 Å². The number of rotatable bonds is 2. The van der Waals surface area contributed by atoms with Crippen LogP contribution in [0.3, 0.4) is 0 Å². The van der Waals surface area contributed by atoms with Gasteiger partial charge in [0.25, 0.3) is 0 Å². The Labute approximate surface area is 95.3 Å². The smallest absolute Gasteiger partial charge is 0.313 e. The van der Waals surface area contributed by atoms with Crippen molar-refractivity contribution in [2.45, 2.75) is 19.3 Å². The van der Waals surface area contributed by atoms with Crippen LogP contribution in [-0.2, 0) is 10.2 Å². The highest BCUT2D eigenvalue weighted by Crippen LogP contribution is 2.25. The van der Waals surface area contributed by atoms with Gasteiger partial charge in [-0.15, -0.1) is 0 Å². The van der Waals surface area contributed by atoms with Crippen LogP contribution in [0, 0.1) is 9.39 Å². The van der Waals surface area contributed by atoms with E-state index in [1.807, 2.05) is 22.6 Å². The largest absolute Gasteiger partial charge is 0.481 e. The first-order valence-corrected chi connectivity index (χ1v) is 5.12. The van der Waals surface area contributed by atoms with Gasteiger partial charge >= 0.3 is 5.97 Å². The molecule has 0 saturated carbocycles. The minimum absolute atomic E-state index is 0.377. The molecule has 0 bridgehead atoms. The Morgan fingerprint density at radius 2 is 2.07 bits per heavy atom. The molecule has 0 atom stereocenters. The van der Waals surface area contributed by atoms with E-state index >= 15 is 0 Å². The van der Waals surface area contributed by atoms with Crippen LogP contribution in [0.2, 0.25) is 0 Å². The molecular weight excluding hydrogens is 298 g/mol. The summed E-state index contributed by atoms with van der Waals surface area (Å²) < 4.78 is 13.7. The Bertz CT molecular complexity index is 374. The van der Waals surface area contributed by atoms with Crippen LogP contribution in [0.25, 0.3) is 0 Å². The van der Waals surface area contributed by atoms with Crippen molar-refractivity contribution in [3.8, 4) is 0 Å². The molecule has 0 aromatic heterocycles. The molecule has 0 aliphatic rings. The minimum Gasteiger partial charge on any atom is -0.481 e. The number of carboxylic acids is 1. The summed E-state index contributed by atoms with van der Waals surface area (Å²) in [6.07, 6.45) is 0. The second kappa shape index (κ2) is 3.84. The molecular formula is C10H10FIO2. The standard InChI is InChI=1S/C10H10FIO2/c1-10(2,9(13)14)6-3-4-8(12)7(11)5-6/h3-5H,1-2H3,(H,13,14). The van der Waals surface area contributed by atoms with Crippen molar-refractivity contribution in [2.24, 2.45) is 0 Å². The van der Waals surface area contributed by atoms with Crippen molar-refractivity contribution >= 4 is 28.6 Å². The van der Waals surface area contributed by atoms with E-state index in [0.29, 0.717) is 9.13 Å². The van der Waals surface area contributed by atoms with Crippen molar-refractivity contribution in [3.63, 3.8) is 0 Å². The zero-order chi connectivity index (χ0) is 10.9. The molecule has 1 aromatic rings. The number of aliphatic carboxylic acids is 1. The van der Waals surface area contributed by atoms with Crippen LogP contribution in [0.4, 0.5) is 4.39 Å². The zero-order valence-electron chi connectivity index (χ0n) is 7.84. The van der Waals surface area contributed by atoms with Crippen molar-refractivity contribution in [2.75, 3.05) is 0 Å². The summed E-state index contributed by atoms with van der Waals surface area (Å²) in [6, 6.07) is 4.49.